The second-order valence-electron chi connectivity index (χ2n) is 3.28. The van der Waals surface area contributed by atoms with Crippen molar-refractivity contribution >= 4 is 6.29 Å². The molecule has 2 heterocycles. The summed E-state index contributed by atoms with van der Waals surface area (Å²) < 4.78 is 5.06. The number of hydrogen-bond acceptors (Lipinski definition) is 5. The van der Waals surface area contributed by atoms with Gasteiger partial charge in [0.2, 0.25) is 0 Å². The molecule has 0 unspecified atom stereocenters. The third-order valence-corrected chi connectivity index (χ3v) is 2.02. The molecule has 0 aromatic carbocycles. The van der Waals surface area contributed by atoms with Crippen LogP contribution in [0.3, 0.4) is 0 Å². The first kappa shape index (κ1) is 15.6. The summed E-state index contributed by atoms with van der Waals surface area (Å²) in [7, 11) is 0. The van der Waals surface area contributed by atoms with Crippen molar-refractivity contribution in [3.05, 3.63) is 35.3 Å². The third kappa shape index (κ3) is 3.27. The van der Waals surface area contributed by atoms with E-state index in [1.807, 2.05) is 19.9 Å². The molecule has 2 aromatic heterocycles. The van der Waals surface area contributed by atoms with Crippen molar-refractivity contribution in [3.63, 3.8) is 0 Å². The van der Waals surface area contributed by atoms with Gasteiger partial charge in [0.1, 0.15) is 0 Å². The summed E-state index contributed by atoms with van der Waals surface area (Å²) in [6.45, 7) is 3.63. The van der Waals surface area contributed by atoms with Gasteiger partial charge in [-0.25, -0.2) is 0 Å². The maximum Gasteiger partial charge on any atom is 1.00 e. The van der Waals surface area contributed by atoms with Gasteiger partial charge in [0, 0.05) is 12.0 Å². The number of hydrogen-bond donors (Lipinski definition) is 0. The first-order valence-corrected chi connectivity index (χ1v) is 4.50. The van der Waals surface area contributed by atoms with E-state index in [1.54, 1.807) is 18.4 Å². The molecule has 5 nitrogen and oxygen atoms in total. The summed E-state index contributed by atoms with van der Waals surface area (Å²) >= 11 is 0. The molecule has 2 aromatic rings. The standard InChI is InChI=1S/C11H9N2O2.Li.H2O/c1-7-3-4-9(10(6-14)12-7)11-5-8(2)13-15-11;;/h3-5H,1-2H3;;1H2/q-1;+1;/p-1. The van der Waals surface area contributed by atoms with Gasteiger partial charge in [-0.15, -0.1) is 11.6 Å². The number of rotatable bonds is 2. The largest absolute Gasteiger partial charge is 1.00 e. The van der Waals surface area contributed by atoms with Gasteiger partial charge in [0.15, 0.2) is 0 Å². The van der Waals surface area contributed by atoms with E-state index in [1.165, 1.54) is 0 Å². The van der Waals surface area contributed by atoms with Crippen LogP contribution >= 0.6 is 0 Å². The fourth-order valence-electron chi connectivity index (χ4n) is 1.32. The molecule has 0 aliphatic rings. The monoisotopic (exact) mass is 225 g/mol. The van der Waals surface area contributed by atoms with Crippen LogP contribution in [0, 0.1) is 13.8 Å². The molecule has 6 heteroatoms. The predicted molar refractivity (Wildman–Crippen MR) is 55.9 cm³/mol. The first-order chi connectivity index (χ1) is 7.20. The van der Waals surface area contributed by atoms with Gasteiger partial charge in [-0.3, -0.25) is 4.98 Å². The zero-order valence-corrected chi connectivity index (χ0v) is 9.89. The van der Waals surface area contributed by atoms with E-state index in [-0.39, 0.29) is 30.0 Å². The summed E-state index contributed by atoms with van der Waals surface area (Å²) in [6, 6.07) is 5.35. The smallest absolute Gasteiger partial charge is 0.870 e. The van der Waals surface area contributed by atoms with Crippen molar-refractivity contribution in [2.24, 2.45) is 0 Å². The van der Waals surface area contributed by atoms with Crippen LogP contribution in [0.15, 0.2) is 22.7 Å². The summed E-state index contributed by atoms with van der Waals surface area (Å²) in [5, 5.41) is 3.76. The zero-order chi connectivity index (χ0) is 10.8. The molecule has 0 spiro atoms. The number of pyridine rings is 1. The van der Waals surface area contributed by atoms with E-state index >= 15 is 0 Å². The number of aryl methyl sites for hydroxylation is 2. The minimum absolute atomic E-state index is 0. The van der Waals surface area contributed by atoms with E-state index in [9.17, 15) is 4.79 Å². The minimum atomic E-state index is 0. The molecule has 0 atom stereocenters. The molecule has 0 bridgehead atoms. The van der Waals surface area contributed by atoms with Crippen LogP contribution in [0.25, 0.3) is 11.3 Å². The SMILES string of the molecule is Cc1cc(-c2ccc(C)nc2[C-]=O)on1.[Li+].[OH-]. The van der Waals surface area contributed by atoms with Crippen LogP contribution in [0.1, 0.15) is 17.1 Å². The second kappa shape index (κ2) is 6.35. The number of carbonyl (C=O) groups excluding carboxylic acids is 1. The van der Waals surface area contributed by atoms with E-state index in [2.05, 4.69) is 10.1 Å². The van der Waals surface area contributed by atoms with Gasteiger partial charge in [0.25, 0.3) is 0 Å². The normalized spacial score (nSPS) is 9.06. The van der Waals surface area contributed by atoms with Crippen molar-refractivity contribution in [2.45, 2.75) is 13.8 Å². The Morgan fingerprint density at radius 3 is 2.47 bits per heavy atom. The van der Waals surface area contributed by atoms with Crippen molar-refractivity contribution in [2.75, 3.05) is 0 Å². The molecular weight excluding hydrogens is 215 g/mol. The van der Waals surface area contributed by atoms with E-state index in [4.69, 9.17) is 4.52 Å². The van der Waals surface area contributed by atoms with Gasteiger partial charge in [0.05, 0.1) is 11.5 Å². The molecule has 0 saturated heterocycles. The Kier molecular flexibility index (Phi) is 5.83. The fraction of sp³-hybridized carbons (Fsp3) is 0.182. The maximum absolute atomic E-state index is 10.7. The summed E-state index contributed by atoms with van der Waals surface area (Å²) in [5.74, 6) is 0.540. The van der Waals surface area contributed by atoms with Gasteiger partial charge < -0.3 is 14.8 Å². The molecule has 84 valence electrons. The number of aromatic nitrogens is 2. The molecule has 0 radical (unpaired) electrons. The quantitative estimate of drug-likeness (QED) is 0.465. The fourth-order valence-corrected chi connectivity index (χ4v) is 1.32. The van der Waals surface area contributed by atoms with Crippen molar-refractivity contribution in [1.82, 2.24) is 10.1 Å². The molecule has 17 heavy (non-hydrogen) atoms. The van der Waals surface area contributed by atoms with Crippen molar-refractivity contribution < 1.29 is 33.7 Å². The van der Waals surface area contributed by atoms with E-state index < -0.39 is 0 Å². The van der Waals surface area contributed by atoms with Gasteiger partial charge in [-0.1, -0.05) is 16.9 Å². The Morgan fingerprint density at radius 2 is 1.94 bits per heavy atom. The molecular formula is C11H10LiN2O3-. The summed E-state index contributed by atoms with van der Waals surface area (Å²) in [5.41, 5.74) is 2.41. The number of nitrogens with zero attached hydrogens (tertiary/aromatic N) is 2. The topological polar surface area (TPSA) is 86.0 Å². The van der Waals surface area contributed by atoms with Crippen LogP contribution in [0.5, 0.6) is 0 Å². The van der Waals surface area contributed by atoms with Crippen LogP contribution < -0.4 is 18.9 Å². The molecule has 0 fully saturated rings. The Morgan fingerprint density at radius 1 is 1.24 bits per heavy atom. The Bertz CT molecular complexity index is 511. The van der Waals surface area contributed by atoms with E-state index in [0.29, 0.717) is 11.3 Å². The van der Waals surface area contributed by atoms with E-state index in [0.717, 1.165) is 11.4 Å². The Labute approximate surface area is 111 Å². The van der Waals surface area contributed by atoms with Crippen LogP contribution in [0.4, 0.5) is 0 Å². The van der Waals surface area contributed by atoms with Crippen LogP contribution in [-0.2, 0) is 4.79 Å². The van der Waals surface area contributed by atoms with Gasteiger partial charge in [-0.05, 0) is 19.9 Å². The van der Waals surface area contributed by atoms with Crippen molar-refractivity contribution in [1.29, 1.82) is 0 Å². The Hall–Kier alpha value is -1.41. The van der Waals surface area contributed by atoms with Gasteiger partial charge >= 0.3 is 18.9 Å². The molecule has 2 rings (SSSR count). The molecule has 0 aliphatic carbocycles. The maximum atomic E-state index is 10.7. The van der Waals surface area contributed by atoms with Gasteiger partial charge in [-0.2, -0.15) is 0 Å². The van der Waals surface area contributed by atoms with Crippen LogP contribution in [-0.4, -0.2) is 21.9 Å². The molecule has 0 amide bonds. The molecule has 0 saturated carbocycles. The molecule has 0 aliphatic heterocycles. The first-order valence-electron chi connectivity index (χ1n) is 4.50. The predicted octanol–water partition coefficient (Wildman–Crippen LogP) is -1.36. The third-order valence-electron chi connectivity index (χ3n) is 2.02. The molecule has 1 N–H and O–H groups in total. The average molecular weight is 225 g/mol. The second-order valence-corrected chi connectivity index (χ2v) is 3.28. The minimum Gasteiger partial charge on any atom is -0.870 e. The van der Waals surface area contributed by atoms with Crippen molar-refractivity contribution in [3.8, 4) is 11.3 Å². The average Bonchev–Trinajstić information content (AvgIpc) is 2.64. The van der Waals surface area contributed by atoms with Crippen LogP contribution in [0.2, 0.25) is 0 Å². The zero-order valence-electron chi connectivity index (χ0n) is 9.89. The summed E-state index contributed by atoms with van der Waals surface area (Å²) in [6.07, 6.45) is 1.80. The summed E-state index contributed by atoms with van der Waals surface area (Å²) in [4.78, 5) is 14.8. The Balaban J connectivity index is 0.00000128.